The number of nitrogens with zero attached hydrogens (tertiary/aromatic N) is 5. The van der Waals surface area contributed by atoms with E-state index in [1.807, 2.05) is 0 Å². The lowest BCUT2D eigenvalue weighted by Gasteiger charge is -2.10. The van der Waals surface area contributed by atoms with Gasteiger partial charge in [0.05, 0.1) is 16.4 Å². The second-order valence-electron chi connectivity index (χ2n) is 6.44. The average molecular weight is 450 g/mol. The summed E-state index contributed by atoms with van der Waals surface area (Å²) in [5.41, 5.74) is 1.89. The molecule has 3 aromatic heterocycles. The number of nitrogens with one attached hydrogen (secondary N) is 2. The van der Waals surface area contributed by atoms with E-state index in [2.05, 4.69) is 35.3 Å². The van der Waals surface area contributed by atoms with E-state index in [1.165, 1.54) is 35.3 Å². The van der Waals surface area contributed by atoms with Crippen molar-refractivity contribution in [2.45, 2.75) is 20.5 Å². The molecule has 8 nitrogen and oxygen atoms in total. The van der Waals surface area contributed by atoms with Gasteiger partial charge in [-0.2, -0.15) is 19.0 Å². The van der Waals surface area contributed by atoms with Crippen LogP contribution in [0.5, 0.6) is 5.75 Å². The molecule has 0 aliphatic carbocycles. The molecule has 0 radical (unpaired) electrons. The zero-order chi connectivity index (χ0) is 22.1. The van der Waals surface area contributed by atoms with Gasteiger partial charge in [0.1, 0.15) is 23.7 Å². The SMILES string of the molecule is Cc1nn(-c2cc(Nc3n[nH]c(-c4ccc(F)cc4)c3OC(F)F)ncn2)c(C)c1Cl. The van der Waals surface area contributed by atoms with Gasteiger partial charge in [0, 0.05) is 11.6 Å². The van der Waals surface area contributed by atoms with Crippen LogP contribution in [0, 0.1) is 19.7 Å². The molecule has 0 unspecified atom stereocenters. The van der Waals surface area contributed by atoms with Crippen molar-refractivity contribution in [2.24, 2.45) is 0 Å². The number of rotatable bonds is 6. The average Bonchev–Trinajstić information content (AvgIpc) is 3.24. The number of alkyl halides is 2. The van der Waals surface area contributed by atoms with Crippen molar-refractivity contribution in [3.05, 3.63) is 58.9 Å². The fraction of sp³-hybridized carbons (Fsp3) is 0.158. The smallest absolute Gasteiger partial charge is 0.387 e. The Morgan fingerprint density at radius 2 is 1.90 bits per heavy atom. The summed E-state index contributed by atoms with van der Waals surface area (Å²) in [7, 11) is 0. The summed E-state index contributed by atoms with van der Waals surface area (Å²) in [4.78, 5) is 8.26. The molecule has 0 aliphatic rings. The molecule has 31 heavy (non-hydrogen) atoms. The first-order chi connectivity index (χ1) is 14.8. The molecule has 0 atom stereocenters. The summed E-state index contributed by atoms with van der Waals surface area (Å²) in [5.74, 6) is -0.0668. The van der Waals surface area contributed by atoms with Gasteiger partial charge in [-0.15, -0.1) is 0 Å². The maximum atomic E-state index is 13.2. The highest BCUT2D eigenvalue weighted by atomic mass is 35.5. The van der Waals surface area contributed by atoms with Crippen molar-refractivity contribution in [2.75, 3.05) is 5.32 Å². The Morgan fingerprint density at radius 1 is 1.16 bits per heavy atom. The van der Waals surface area contributed by atoms with Gasteiger partial charge < -0.3 is 10.1 Å². The van der Waals surface area contributed by atoms with Gasteiger partial charge in [-0.05, 0) is 38.1 Å². The van der Waals surface area contributed by atoms with Crippen molar-refractivity contribution >= 4 is 23.2 Å². The lowest BCUT2D eigenvalue weighted by atomic mass is 10.1. The number of aromatic amines is 1. The highest BCUT2D eigenvalue weighted by Gasteiger charge is 2.21. The standard InChI is InChI=1S/C19H15ClF3N7O/c1-9-15(20)10(2)30(29-9)14-7-13(24-8-25-14)26-18-17(31-19(22)23)16(27-28-18)11-3-5-12(21)6-4-11/h3-8,19H,1-2H3,(H2,24,25,26,27,28). The van der Waals surface area contributed by atoms with Crippen LogP contribution in [0.2, 0.25) is 5.02 Å². The van der Waals surface area contributed by atoms with Gasteiger partial charge in [0.2, 0.25) is 0 Å². The number of benzene rings is 1. The van der Waals surface area contributed by atoms with E-state index in [0.29, 0.717) is 27.8 Å². The fourth-order valence-electron chi connectivity index (χ4n) is 2.93. The van der Waals surface area contributed by atoms with Crippen LogP contribution in [0.15, 0.2) is 36.7 Å². The number of H-pyrrole nitrogens is 1. The molecule has 4 rings (SSSR count). The van der Waals surface area contributed by atoms with Gasteiger partial charge in [0.15, 0.2) is 17.4 Å². The Labute approximate surface area is 179 Å². The quantitative estimate of drug-likeness (QED) is 0.439. The van der Waals surface area contributed by atoms with Gasteiger partial charge in [-0.25, -0.2) is 19.0 Å². The topological polar surface area (TPSA) is 93.5 Å². The van der Waals surface area contributed by atoms with Crippen LogP contribution in [-0.2, 0) is 0 Å². The molecule has 0 saturated carbocycles. The molecule has 0 bridgehead atoms. The van der Waals surface area contributed by atoms with E-state index >= 15 is 0 Å². The minimum Gasteiger partial charge on any atom is -0.428 e. The molecule has 12 heteroatoms. The minimum absolute atomic E-state index is 0.0318. The number of halogens is 4. The predicted molar refractivity (Wildman–Crippen MR) is 108 cm³/mol. The zero-order valence-corrected chi connectivity index (χ0v) is 17.0. The minimum atomic E-state index is -3.10. The third-order valence-corrected chi connectivity index (χ3v) is 4.93. The molecule has 3 heterocycles. The van der Waals surface area contributed by atoms with E-state index < -0.39 is 12.4 Å². The van der Waals surface area contributed by atoms with Crippen LogP contribution in [0.25, 0.3) is 17.1 Å². The van der Waals surface area contributed by atoms with E-state index in [9.17, 15) is 13.2 Å². The molecule has 160 valence electrons. The van der Waals surface area contributed by atoms with Crippen molar-refractivity contribution < 1.29 is 17.9 Å². The molecule has 4 aromatic rings. The monoisotopic (exact) mass is 449 g/mol. The molecule has 0 spiro atoms. The predicted octanol–water partition coefficient (Wildman–Crippen LogP) is 4.81. The first-order valence-corrected chi connectivity index (χ1v) is 9.31. The molecule has 0 aliphatic heterocycles. The Balaban J connectivity index is 1.69. The Morgan fingerprint density at radius 3 is 2.55 bits per heavy atom. The third-order valence-electron chi connectivity index (χ3n) is 4.38. The molecular formula is C19H15ClF3N7O. The van der Waals surface area contributed by atoms with Gasteiger partial charge in [-0.3, -0.25) is 5.10 Å². The van der Waals surface area contributed by atoms with Gasteiger partial charge in [0.25, 0.3) is 0 Å². The third kappa shape index (κ3) is 4.17. The highest BCUT2D eigenvalue weighted by molar-refractivity contribution is 6.31. The van der Waals surface area contributed by atoms with Crippen LogP contribution in [0.1, 0.15) is 11.4 Å². The summed E-state index contributed by atoms with van der Waals surface area (Å²) in [6, 6.07) is 6.78. The molecule has 0 saturated heterocycles. The van der Waals surface area contributed by atoms with Crippen molar-refractivity contribution in [1.29, 1.82) is 0 Å². The maximum Gasteiger partial charge on any atom is 0.387 e. The zero-order valence-electron chi connectivity index (χ0n) is 16.2. The van der Waals surface area contributed by atoms with E-state index in [-0.39, 0.29) is 23.1 Å². The lowest BCUT2D eigenvalue weighted by Crippen LogP contribution is -2.06. The van der Waals surface area contributed by atoms with Crippen LogP contribution in [0.3, 0.4) is 0 Å². The summed E-state index contributed by atoms with van der Waals surface area (Å²) >= 11 is 6.19. The number of anilines is 2. The van der Waals surface area contributed by atoms with E-state index in [0.717, 1.165) is 0 Å². The van der Waals surface area contributed by atoms with Crippen LogP contribution < -0.4 is 10.1 Å². The highest BCUT2D eigenvalue weighted by Crippen LogP contribution is 2.37. The van der Waals surface area contributed by atoms with Gasteiger partial charge >= 0.3 is 6.61 Å². The number of ether oxygens (including phenoxy) is 1. The molecule has 1 aromatic carbocycles. The molecular weight excluding hydrogens is 435 g/mol. The number of hydrogen-bond donors (Lipinski definition) is 2. The van der Waals surface area contributed by atoms with E-state index in [1.54, 1.807) is 19.9 Å². The largest absolute Gasteiger partial charge is 0.428 e. The van der Waals surface area contributed by atoms with Crippen LogP contribution >= 0.6 is 11.6 Å². The Hall–Kier alpha value is -3.60. The molecule has 0 fully saturated rings. The molecule has 0 amide bonds. The summed E-state index contributed by atoms with van der Waals surface area (Å²) in [6.45, 7) is 0.450. The number of hydrogen-bond acceptors (Lipinski definition) is 6. The second-order valence-corrected chi connectivity index (χ2v) is 6.82. The fourth-order valence-corrected chi connectivity index (χ4v) is 3.05. The first kappa shape index (κ1) is 20.7. The Kier molecular flexibility index (Phi) is 5.51. The number of aromatic nitrogens is 6. The lowest BCUT2D eigenvalue weighted by molar-refractivity contribution is -0.0489. The van der Waals surface area contributed by atoms with Crippen molar-refractivity contribution in [3.8, 4) is 22.8 Å². The number of aryl methyl sites for hydroxylation is 1. The van der Waals surface area contributed by atoms with Gasteiger partial charge in [-0.1, -0.05) is 11.6 Å². The summed E-state index contributed by atoms with van der Waals surface area (Å²) in [6.07, 6.45) is 1.28. The first-order valence-electron chi connectivity index (χ1n) is 8.93. The maximum absolute atomic E-state index is 13.2. The van der Waals surface area contributed by atoms with Crippen molar-refractivity contribution in [3.63, 3.8) is 0 Å². The normalized spacial score (nSPS) is 11.2. The summed E-state index contributed by atoms with van der Waals surface area (Å²) in [5, 5.41) is 14.3. The summed E-state index contributed by atoms with van der Waals surface area (Å²) < 4.78 is 45.5. The van der Waals surface area contributed by atoms with E-state index in [4.69, 9.17) is 11.6 Å². The second kappa shape index (κ2) is 8.26. The van der Waals surface area contributed by atoms with Crippen LogP contribution in [-0.4, -0.2) is 36.6 Å². The molecule has 2 N–H and O–H groups in total. The van der Waals surface area contributed by atoms with Crippen molar-refractivity contribution in [1.82, 2.24) is 29.9 Å². The van der Waals surface area contributed by atoms with Crippen LogP contribution in [0.4, 0.5) is 24.8 Å². The Bertz CT molecular complexity index is 1220.